The van der Waals surface area contributed by atoms with Gasteiger partial charge in [-0.2, -0.15) is 0 Å². The average Bonchev–Trinajstić information content (AvgIpc) is 3.01. The number of fused-ring (bicyclic) bond motifs is 3. The monoisotopic (exact) mass is 299 g/mol. The van der Waals surface area contributed by atoms with Crippen molar-refractivity contribution in [2.24, 2.45) is 0 Å². The molecule has 0 aliphatic heterocycles. The van der Waals surface area contributed by atoms with Crippen molar-refractivity contribution in [1.82, 2.24) is 14.6 Å². The zero-order chi connectivity index (χ0) is 13.5. The number of nitrogens with zero attached hydrogens (tertiary/aromatic N) is 3. The van der Waals surface area contributed by atoms with Gasteiger partial charge in [-0.1, -0.05) is 47.2 Å². The van der Waals surface area contributed by atoms with Crippen LogP contribution in [0.25, 0.3) is 15.2 Å². The molecule has 98 valence electrons. The van der Waals surface area contributed by atoms with Crippen molar-refractivity contribution in [3.05, 3.63) is 64.9 Å². The fourth-order valence-corrected chi connectivity index (χ4v) is 3.44. The van der Waals surface area contributed by atoms with Gasteiger partial charge in [-0.15, -0.1) is 10.2 Å². The van der Waals surface area contributed by atoms with E-state index in [0.717, 1.165) is 22.2 Å². The highest BCUT2D eigenvalue weighted by molar-refractivity contribution is 7.23. The van der Waals surface area contributed by atoms with Crippen molar-refractivity contribution in [3.8, 4) is 0 Å². The Hall–Kier alpha value is -1.91. The van der Waals surface area contributed by atoms with Gasteiger partial charge in [-0.25, -0.2) is 0 Å². The van der Waals surface area contributed by atoms with Crippen molar-refractivity contribution >= 4 is 38.1 Å². The quantitative estimate of drug-likeness (QED) is 0.555. The number of para-hydroxylation sites is 1. The third-order valence-electron chi connectivity index (χ3n) is 3.28. The highest BCUT2D eigenvalue weighted by Gasteiger charge is 2.12. The molecule has 0 bridgehead atoms. The summed E-state index contributed by atoms with van der Waals surface area (Å²) in [4.78, 5) is 0.940. The molecule has 2 aromatic carbocycles. The predicted octanol–water partition coefficient (Wildman–Crippen LogP) is 4.19. The summed E-state index contributed by atoms with van der Waals surface area (Å²) in [5, 5.41) is 9.34. The van der Waals surface area contributed by atoms with Gasteiger partial charge < -0.3 is 0 Å². The molecule has 2 aromatic heterocycles. The first kappa shape index (κ1) is 11.9. The molecule has 0 fully saturated rings. The summed E-state index contributed by atoms with van der Waals surface area (Å²) in [6, 6.07) is 16.2. The summed E-state index contributed by atoms with van der Waals surface area (Å²) >= 11 is 7.58. The van der Waals surface area contributed by atoms with E-state index in [0.29, 0.717) is 0 Å². The Balaban J connectivity index is 1.85. The lowest BCUT2D eigenvalue weighted by atomic mass is 10.1. The van der Waals surface area contributed by atoms with Crippen LogP contribution >= 0.6 is 22.9 Å². The highest BCUT2D eigenvalue weighted by atomic mass is 35.5. The van der Waals surface area contributed by atoms with Crippen molar-refractivity contribution in [2.45, 2.75) is 6.42 Å². The van der Waals surface area contributed by atoms with Gasteiger partial charge in [0.15, 0.2) is 0 Å². The SMILES string of the molecule is Clc1ccc(Cc2nnc3sc4ccccc4n23)cc1. The maximum Gasteiger partial charge on any atom is 0.217 e. The minimum atomic E-state index is 0.749. The molecule has 0 amide bonds. The molecular formula is C15H10ClN3S. The van der Waals surface area contributed by atoms with Gasteiger partial charge in [0, 0.05) is 11.4 Å². The molecular weight excluding hydrogens is 290 g/mol. The Bertz CT molecular complexity index is 892. The molecule has 20 heavy (non-hydrogen) atoms. The molecule has 3 nitrogen and oxygen atoms in total. The first-order valence-electron chi connectivity index (χ1n) is 6.27. The predicted molar refractivity (Wildman–Crippen MR) is 82.6 cm³/mol. The maximum absolute atomic E-state index is 5.92. The summed E-state index contributed by atoms with van der Waals surface area (Å²) in [6.45, 7) is 0. The lowest BCUT2D eigenvalue weighted by Crippen LogP contribution is -1.95. The Morgan fingerprint density at radius 2 is 1.80 bits per heavy atom. The summed E-state index contributed by atoms with van der Waals surface area (Å²) in [7, 11) is 0. The lowest BCUT2D eigenvalue weighted by molar-refractivity contribution is 0.949. The van der Waals surface area contributed by atoms with E-state index in [-0.39, 0.29) is 0 Å². The average molecular weight is 300 g/mol. The molecule has 0 N–H and O–H groups in total. The Morgan fingerprint density at radius 3 is 2.65 bits per heavy atom. The Kier molecular flexibility index (Phi) is 2.72. The topological polar surface area (TPSA) is 30.2 Å². The lowest BCUT2D eigenvalue weighted by Gasteiger charge is -2.00. The van der Waals surface area contributed by atoms with Crippen LogP contribution in [-0.2, 0) is 6.42 Å². The van der Waals surface area contributed by atoms with E-state index in [9.17, 15) is 0 Å². The van der Waals surface area contributed by atoms with E-state index in [4.69, 9.17) is 11.6 Å². The number of rotatable bonds is 2. The van der Waals surface area contributed by atoms with E-state index in [2.05, 4.69) is 26.7 Å². The van der Waals surface area contributed by atoms with Crippen LogP contribution in [0.3, 0.4) is 0 Å². The number of hydrogen-bond donors (Lipinski definition) is 0. The highest BCUT2D eigenvalue weighted by Crippen LogP contribution is 2.26. The van der Waals surface area contributed by atoms with Crippen LogP contribution in [0.5, 0.6) is 0 Å². The Morgan fingerprint density at radius 1 is 1.00 bits per heavy atom. The number of aromatic nitrogens is 3. The van der Waals surface area contributed by atoms with E-state index in [1.807, 2.05) is 36.4 Å². The zero-order valence-electron chi connectivity index (χ0n) is 10.5. The molecule has 0 radical (unpaired) electrons. The van der Waals surface area contributed by atoms with E-state index in [1.54, 1.807) is 11.3 Å². The van der Waals surface area contributed by atoms with Gasteiger partial charge >= 0.3 is 0 Å². The fraction of sp³-hybridized carbons (Fsp3) is 0.0667. The minimum absolute atomic E-state index is 0.749. The van der Waals surface area contributed by atoms with Crippen LogP contribution in [0, 0.1) is 0 Å². The molecule has 4 rings (SSSR count). The third kappa shape index (κ3) is 1.88. The van der Waals surface area contributed by atoms with Crippen molar-refractivity contribution in [3.63, 3.8) is 0 Å². The van der Waals surface area contributed by atoms with Crippen LogP contribution in [-0.4, -0.2) is 14.6 Å². The van der Waals surface area contributed by atoms with Crippen molar-refractivity contribution < 1.29 is 0 Å². The van der Waals surface area contributed by atoms with E-state index in [1.165, 1.54) is 15.8 Å². The molecule has 0 unspecified atom stereocenters. The van der Waals surface area contributed by atoms with Crippen molar-refractivity contribution in [2.75, 3.05) is 0 Å². The van der Waals surface area contributed by atoms with Gasteiger partial charge in [0.1, 0.15) is 5.82 Å². The van der Waals surface area contributed by atoms with Crippen LogP contribution in [0.4, 0.5) is 0 Å². The second-order valence-corrected chi connectivity index (χ2v) is 6.05. The second kappa shape index (κ2) is 4.58. The molecule has 0 saturated carbocycles. The number of hydrogen-bond acceptors (Lipinski definition) is 3. The summed E-state index contributed by atoms with van der Waals surface area (Å²) in [6.07, 6.45) is 0.749. The minimum Gasteiger partial charge on any atom is -0.269 e. The number of thiazole rings is 1. The van der Waals surface area contributed by atoms with Crippen LogP contribution < -0.4 is 0 Å². The molecule has 5 heteroatoms. The normalized spacial score (nSPS) is 11.4. The summed E-state index contributed by atoms with van der Waals surface area (Å²) in [5.74, 6) is 0.958. The molecule has 0 saturated heterocycles. The first-order valence-corrected chi connectivity index (χ1v) is 7.47. The van der Waals surface area contributed by atoms with E-state index >= 15 is 0 Å². The summed E-state index contributed by atoms with van der Waals surface area (Å²) < 4.78 is 3.36. The van der Waals surface area contributed by atoms with Crippen LogP contribution in [0.15, 0.2) is 48.5 Å². The van der Waals surface area contributed by atoms with Gasteiger partial charge in [-0.3, -0.25) is 4.40 Å². The van der Waals surface area contributed by atoms with Gasteiger partial charge in [-0.05, 0) is 29.8 Å². The fourth-order valence-electron chi connectivity index (χ4n) is 2.33. The Labute approximate surface area is 124 Å². The number of halogens is 1. The van der Waals surface area contributed by atoms with E-state index < -0.39 is 0 Å². The van der Waals surface area contributed by atoms with Gasteiger partial charge in [0.25, 0.3) is 0 Å². The molecule has 0 spiro atoms. The standard InChI is InChI=1S/C15H10ClN3S/c16-11-7-5-10(6-8-11)9-14-17-18-15-19(14)12-3-1-2-4-13(12)20-15/h1-8H,9H2. The molecule has 0 aliphatic carbocycles. The molecule has 4 aromatic rings. The molecule has 0 aliphatic rings. The third-order valence-corrected chi connectivity index (χ3v) is 4.55. The smallest absolute Gasteiger partial charge is 0.217 e. The summed E-state index contributed by atoms with van der Waals surface area (Å²) in [5.41, 5.74) is 2.35. The molecule has 0 atom stereocenters. The van der Waals surface area contributed by atoms with Gasteiger partial charge in [0.05, 0.1) is 10.2 Å². The van der Waals surface area contributed by atoms with Gasteiger partial charge in [0.2, 0.25) is 4.96 Å². The largest absolute Gasteiger partial charge is 0.269 e. The zero-order valence-corrected chi connectivity index (χ0v) is 12.0. The van der Waals surface area contributed by atoms with Crippen LogP contribution in [0.1, 0.15) is 11.4 Å². The molecule has 2 heterocycles. The number of benzene rings is 2. The van der Waals surface area contributed by atoms with Crippen molar-refractivity contribution in [1.29, 1.82) is 0 Å². The second-order valence-electron chi connectivity index (χ2n) is 4.61. The van der Waals surface area contributed by atoms with Crippen LogP contribution in [0.2, 0.25) is 5.02 Å². The maximum atomic E-state index is 5.92. The first-order chi connectivity index (χ1) is 9.81.